The van der Waals surface area contributed by atoms with Gasteiger partial charge in [-0.2, -0.15) is 8.78 Å². The summed E-state index contributed by atoms with van der Waals surface area (Å²) in [5, 5.41) is 8.36. The molecule has 0 radical (unpaired) electrons. The molecule has 3 nitrogen and oxygen atoms in total. The number of aryl methyl sites for hydroxylation is 3. The van der Waals surface area contributed by atoms with Gasteiger partial charge in [-0.1, -0.05) is 17.7 Å². The standard InChI is InChI=1S/C13H16F2O3/c1-8-4-9(2)12(10(3)5-8)13(14,15)7-18-6-11(16)17/h4-5H,6-7H2,1-3H3,(H,16,17). The smallest absolute Gasteiger partial charge is 0.329 e. The van der Waals surface area contributed by atoms with Crippen LogP contribution in [0.3, 0.4) is 0 Å². The SMILES string of the molecule is Cc1cc(C)c(C(F)(F)COCC(=O)O)c(C)c1. The lowest BCUT2D eigenvalue weighted by Gasteiger charge is -2.21. The summed E-state index contributed by atoms with van der Waals surface area (Å²) in [6, 6.07) is 3.35. The first-order chi connectivity index (χ1) is 8.24. The summed E-state index contributed by atoms with van der Waals surface area (Å²) in [6.45, 7) is 3.41. The van der Waals surface area contributed by atoms with Crippen molar-refractivity contribution < 1.29 is 23.4 Å². The summed E-state index contributed by atoms with van der Waals surface area (Å²) in [7, 11) is 0. The molecule has 0 spiro atoms. The first-order valence-electron chi connectivity index (χ1n) is 5.49. The summed E-state index contributed by atoms with van der Waals surface area (Å²) < 4.78 is 32.4. The summed E-state index contributed by atoms with van der Waals surface area (Å²) in [5.74, 6) is -4.44. The number of carboxylic acids is 1. The summed E-state index contributed by atoms with van der Waals surface area (Å²) >= 11 is 0. The topological polar surface area (TPSA) is 46.5 Å². The van der Waals surface area contributed by atoms with E-state index in [9.17, 15) is 13.6 Å². The van der Waals surface area contributed by atoms with Crippen molar-refractivity contribution in [1.82, 2.24) is 0 Å². The number of alkyl halides is 2. The molecule has 1 aromatic rings. The minimum atomic E-state index is -3.18. The normalized spacial score (nSPS) is 11.6. The zero-order chi connectivity index (χ0) is 13.9. The van der Waals surface area contributed by atoms with Gasteiger partial charge in [-0.25, -0.2) is 4.79 Å². The second-order valence-corrected chi connectivity index (χ2v) is 4.36. The van der Waals surface area contributed by atoms with E-state index in [0.29, 0.717) is 11.1 Å². The van der Waals surface area contributed by atoms with Crippen LogP contribution in [-0.4, -0.2) is 24.3 Å². The highest BCUT2D eigenvalue weighted by Gasteiger charge is 2.35. The Bertz CT molecular complexity index is 433. The fraction of sp³-hybridized carbons (Fsp3) is 0.462. The molecular weight excluding hydrogens is 242 g/mol. The van der Waals surface area contributed by atoms with Gasteiger partial charge in [0.15, 0.2) is 0 Å². The quantitative estimate of drug-likeness (QED) is 0.883. The number of benzene rings is 1. The van der Waals surface area contributed by atoms with E-state index < -0.39 is 25.1 Å². The number of hydrogen-bond acceptors (Lipinski definition) is 2. The molecule has 0 saturated carbocycles. The Balaban J connectivity index is 2.94. The van der Waals surface area contributed by atoms with E-state index >= 15 is 0 Å². The van der Waals surface area contributed by atoms with Gasteiger partial charge in [0.05, 0.1) is 0 Å². The monoisotopic (exact) mass is 258 g/mol. The lowest BCUT2D eigenvalue weighted by molar-refractivity contribution is -0.147. The predicted molar refractivity (Wildman–Crippen MR) is 63.0 cm³/mol. The molecule has 0 saturated heterocycles. The number of aliphatic carboxylic acids is 1. The molecule has 100 valence electrons. The lowest BCUT2D eigenvalue weighted by atomic mass is 9.95. The van der Waals surface area contributed by atoms with Crippen LogP contribution < -0.4 is 0 Å². The molecule has 1 aromatic carbocycles. The van der Waals surface area contributed by atoms with E-state index in [1.54, 1.807) is 26.0 Å². The molecule has 0 aliphatic heterocycles. The van der Waals surface area contributed by atoms with Crippen LogP contribution in [0.5, 0.6) is 0 Å². The number of hydrogen-bond donors (Lipinski definition) is 1. The number of halogens is 2. The maximum atomic E-state index is 13.9. The van der Waals surface area contributed by atoms with Gasteiger partial charge in [-0.3, -0.25) is 0 Å². The minimum absolute atomic E-state index is 0.0847. The third-order valence-corrected chi connectivity index (χ3v) is 2.55. The first kappa shape index (κ1) is 14.6. The van der Waals surface area contributed by atoms with E-state index in [4.69, 9.17) is 5.11 Å². The largest absolute Gasteiger partial charge is 0.480 e. The van der Waals surface area contributed by atoms with Gasteiger partial charge in [-0.05, 0) is 31.9 Å². The van der Waals surface area contributed by atoms with Crippen LogP contribution in [0.2, 0.25) is 0 Å². The van der Waals surface area contributed by atoms with Crippen molar-refractivity contribution >= 4 is 5.97 Å². The third kappa shape index (κ3) is 3.50. The molecule has 5 heteroatoms. The van der Waals surface area contributed by atoms with Gasteiger partial charge in [0.25, 0.3) is 5.92 Å². The fourth-order valence-electron chi connectivity index (χ4n) is 2.10. The molecule has 0 aliphatic carbocycles. The molecule has 0 amide bonds. The molecule has 0 aromatic heterocycles. The molecule has 1 N–H and O–H groups in total. The van der Waals surface area contributed by atoms with E-state index in [1.807, 2.05) is 6.92 Å². The average molecular weight is 258 g/mol. The Hall–Kier alpha value is -1.49. The first-order valence-corrected chi connectivity index (χ1v) is 5.49. The Morgan fingerprint density at radius 1 is 1.28 bits per heavy atom. The van der Waals surface area contributed by atoms with Crippen molar-refractivity contribution in [2.45, 2.75) is 26.7 Å². The molecule has 0 aliphatic rings. The van der Waals surface area contributed by atoms with Gasteiger partial charge in [0.2, 0.25) is 0 Å². The maximum absolute atomic E-state index is 13.9. The van der Waals surface area contributed by atoms with Crippen LogP contribution in [0.1, 0.15) is 22.3 Å². The molecule has 18 heavy (non-hydrogen) atoms. The second-order valence-electron chi connectivity index (χ2n) is 4.36. The van der Waals surface area contributed by atoms with Crippen molar-refractivity contribution in [3.63, 3.8) is 0 Å². The summed E-state index contributed by atoms with van der Waals surface area (Å²) in [6.07, 6.45) is 0. The summed E-state index contributed by atoms with van der Waals surface area (Å²) in [4.78, 5) is 10.2. The average Bonchev–Trinajstić information content (AvgIpc) is 2.13. The van der Waals surface area contributed by atoms with Crippen molar-refractivity contribution in [2.75, 3.05) is 13.2 Å². The van der Waals surface area contributed by atoms with Crippen LogP contribution in [-0.2, 0) is 15.5 Å². The van der Waals surface area contributed by atoms with Gasteiger partial charge >= 0.3 is 5.97 Å². The molecule has 1 rings (SSSR count). The van der Waals surface area contributed by atoms with E-state index in [1.165, 1.54) is 0 Å². The lowest BCUT2D eigenvalue weighted by Crippen LogP contribution is -2.25. The van der Waals surface area contributed by atoms with Crippen LogP contribution in [0.15, 0.2) is 12.1 Å². The van der Waals surface area contributed by atoms with Crippen molar-refractivity contribution in [3.05, 3.63) is 34.4 Å². The predicted octanol–water partition coefficient (Wildman–Crippen LogP) is 2.80. The van der Waals surface area contributed by atoms with Crippen LogP contribution >= 0.6 is 0 Å². The molecule has 0 bridgehead atoms. The number of carbonyl (C=O) groups is 1. The molecule has 0 fully saturated rings. The number of rotatable bonds is 5. The van der Waals surface area contributed by atoms with E-state index in [-0.39, 0.29) is 5.56 Å². The number of ether oxygens (including phenoxy) is 1. The highest BCUT2D eigenvalue weighted by atomic mass is 19.3. The summed E-state index contributed by atoms with van der Waals surface area (Å²) in [5.41, 5.74) is 1.79. The van der Waals surface area contributed by atoms with Gasteiger partial charge in [0, 0.05) is 5.56 Å². The van der Waals surface area contributed by atoms with E-state index in [0.717, 1.165) is 5.56 Å². The highest BCUT2D eigenvalue weighted by molar-refractivity contribution is 5.68. The molecule has 0 atom stereocenters. The second kappa shape index (κ2) is 5.44. The fourth-order valence-corrected chi connectivity index (χ4v) is 2.10. The van der Waals surface area contributed by atoms with Gasteiger partial charge in [-0.15, -0.1) is 0 Å². The molecular formula is C13H16F2O3. The van der Waals surface area contributed by atoms with Crippen LogP contribution in [0.25, 0.3) is 0 Å². The molecule has 0 heterocycles. The van der Waals surface area contributed by atoms with Crippen LogP contribution in [0.4, 0.5) is 8.78 Å². The zero-order valence-corrected chi connectivity index (χ0v) is 10.6. The maximum Gasteiger partial charge on any atom is 0.329 e. The van der Waals surface area contributed by atoms with Crippen molar-refractivity contribution in [2.24, 2.45) is 0 Å². The Labute approximate surface area is 104 Å². The number of carboxylic acid groups (broad SMARTS) is 1. The Kier molecular flexibility index (Phi) is 4.40. The molecule has 0 unspecified atom stereocenters. The van der Waals surface area contributed by atoms with Gasteiger partial charge in [0.1, 0.15) is 13.2 Å². The Morgan fingerprint density at radius 3 is 2.22 bits per heavy atom. The van der Waals surface area contributed by atoms with Crippen molar-refractivity contribution in [3.8, 4) is 0 Å². The van der Waals surface area contributed by atoms with Crippen LogP contribution in [0, 0.1) is 20.8 Å². The van der Waals surface area contributed by atoms with E-state index in [2.05, 4.69) is 4.74 Å². The third-order valence-electron chi connectivity index (χ3n) is 2.55. The zero-order valence-electron chi connectivity index (χ0n) is 10.6. The highest BCUT2D eigenvalue weighted by Crippen LogP contribution is 2.34. The van der Waals surface area contributed by atoms with Gasteiger partial charge < -0.3 is 9.84 Å². The Morgan fingerprint density at radius 2 is 1.78 bits per heavy atom. The van der Waals surface area contributed by atoms with Crippen molar-refractivity contribution in [1.29, 1.82) is 0 Å². The minimum Gasteiger partial charge on any atom is -0.480 e.